The summed E-state index contributed by atoms with van der Waals surface area (Å²) in [6.07, 6.45) is 5.96. The molecule has 0 atom stereocenters. The molecule has 0 bridgehead atoms. The van der Waals surface area contributed by atoms with Crippen molar-refractivity contribution >= 4 is 18.0 Å². The maximum absolute atomic E-state index is 11.2. The Morgan fingerprint density at radius 1 is 1.44 bits per heavy atom. The third kappa shape index (κ3) is 4.78. The number of nitrogens with one attached hydrogen (secondary N) is 1. The lowest BCUT2D eigenvalue weighted by Crippen LogP contribution is -2.20. The summed E-state index contributed by atoms with van der Waals surface area (Å²) < 4.78 is 4.57. The molecule has 1 aromatic heterocycles. The number of aromatic nitrogens is 1. The lowest BCUT2D eigenvalue weighted by molar-refractivity contribution is -0.118. The number of carbonyl (C=O) groups excluding carboxylic acids is 2. The largest absolute Gasteiger partial charge is 0.465 e. The van der Waals surface area contributed by atoms with Crippen LogP contribution in [0.2, 0.25) is 0 Å². The number of methoxy groups -OCH3 is 1. The molecular formula is C13H16N2O3. The molecule has 0 aliphatic heterocycles. The third-order valence-electron chi connectivity index (χ3n) is 2.18. The number of carbonyl (C=O) groups is 2. The molecule has 0 radical (unpaired) electrons. The Balaban J connectivity index is 2.45. The van der Waals surface area contributed by atoms with Crippen LogP contribution >= 0.6 is 0 Å². The molecule has 0 saturated carbocycles. The monoisotopic (exact) mass is 248 g/mol. The van der Waals surface area contributed by atoms with E-state index in [1.807, 2.05) is 12.2 Å². The van der Waals surface area contributed by atoms with Gasteiger partial charge in [0.15, 0.2) is 0 Å². The van der Waals surface area contributed by atoms with Crippen LogP contribution in [0, 0.1) is 0 Å². The van der Waals surface area contributed by atoms with Crippen LogP contribution in [0.15, 0.2) is 24.4 Å². The topological polar surface area (TPSA) is 68.3 Å². The minimum atomic E-state index is -0.399. The van der Waals surface area contributed by atoms with E-state index in [9.17, 15) is 9.59 Å². The van der Waals surface area contributed by atoms with E-state index in [-0.39, 0.29) is 5.91 Å². The van der Waals surface area contributed by atoms with Crippen LogP contribution in [0.1, 0.15) is 29.4 Å². The standard InChI is InChI=1S/C13H16N2O3/c1-10(16)14-8-4-3-5-12-7-6-11(9-15-12)13(17)18-2/h3,5-7,9H,4,8H2,1-2H3,(H,14,16). The van der Waals surface area contributed by atoms with Crippen LogP contribution in [0.25, 0.3) is 6.08 Å². The SMILES string of the molecule is COC(=O)c1ccc(C=CCCNC(C)=O)nc1. The Hall–Kier alpha value is -2.17. The smallest absolute Gasteiger partial charge is 0.339 e. The van der Waals surface area contributed by atoms with Crippen molar-refractivity contribution in [3.8, 4) is 0 Å². The van der Waals surface area contributed by atoms with Crippen LogP contribution < -0.4 is 5.32 Å². The Morgan fingerprint density at radius 2 is 2.22 bits per heavy atom. The van der Waals surface area contributed by atoms with Gasteiger partial charge in [0.25, 0.3) is 0 Å². The number of pyridine rings is 1. The van der Waals surface area contributed by atoms with Gasteiger partial charge >= 0.3 is 5.97 Å². The highest BCUT2D eigenvalue weighted by atomic mass is 16.5. The first-order chi connectivity index (χ1) is 8.63. The first kappa shape index (κ1) is 13.9. The van der Waals surface area contributed by atoms with Crippen LogP contribution in [-0.4, -0.2) is 30.5 Å². The summed E-state index contributed by atoms with van der Waals surface area (Å²) in [7, 11) is 1.33. The first-order valence-corrected chi connectivity index (χ1v) is 5.59. The maximum Gasteiger partial charge on any atom is 0.339 e. The molecule has 1 heterocycles. The second kappa shape index (κ2) is 7.21. The molecule has 5 heteroatoms. The minimum absolute atomic E-state index is 0.0380. The fraction of sp³-hybridized carbons (Fsp3) is 0.308. The number of hydrogen-bond acceptors (Lipinski definition) is 4. The highest BCUT2D eigenvalue weighted by molar-refractivity contribution is 5.88. The van der Waals surface area contributed by atoms with Gasteiger partial charge < -0.3 is 10.1 Å². The van der Waals surface area contributed by atoms with Gasteiger partial charge in [0, 0.05) is 19.7 Å². The summed E-state index contributed by atoms with van der Waals surface area (Å²) in [4.78, 5) is 25.9. The van der Waals surface area contributed by atoms with Gasteiger partial charge in [-0.1, -0.05) is 6.08 Å². The molecule has 96 valence electrons. The van der Waals surface area contributed by atoms with Crippen molar-refractivity contribution in [1.29, 1.82) is 0 Å². The Kier molecular flexibility index (Phi) is 5.57. The highest BCUT2D eigenvalue weighted by Crippen LogP contribution is 2.03. The summed E-state index contributed by atoms with van der Waals surface area (Å²) in [5, 5.41) is 2.69. The van der Waals surface area contributed by atoms with Crippen molar-refractivity contribution in [2.75, 3.05) is 13.7 Å². The van der Waals surface area contributed by atoms with Gasteiger partial charge in [-0.3, -0.25) is 9.78 Å². The average molecular weight is 248 g/mol. The molecule has 1 N–H and O–H groups in total. The van der Waals surface area contributed by atoms with E-state index >= 15 is 0 Å². The third-order valence-corrected chi connectivity index (χ3v) is 2.18. The van der Waals surface area contributed by atoms with Crippen LogP contribution in [0.4, 0.5) is 0 Å². The van der Waals surface area contributed by atoms with Crippen molar-refractivity contribution in [2.45, 2.75) is 13.3 Å². The Labute approximate surface area is 106 Å². The van der Waals surface area contributed by atoms with Crippen molar-refractivity contribution in [3.05, 3.63) is 35.7 Å². The van der Waals surface area contributed by atoms with Gasteiger partial charge in [-0.2, -0.15) is 0 Å². The van der Waals surface area contributed by atoms with Crippen LogP contribution in [0.3, 0.4) is 0 Å². The number of rotatable bonds is 5. The Morgan fingerprint density at radius 3 is 2.78 bits per heavy atom. The fourth-order valence-corrected chi connectivity index (χ4v) is 1.28. The van der Waals surface area contributed by atoms with Crippen molar-refractivity contribution < 1.29 is 14.3 Å². The summed E-state index contributed by atoms with van der Waals surface area (Å²) in [6.45, 7) is 2.09. The molecule has 0 unspecified atom stereocenters. The van der Waals surface area contributed by atoms with E-state index in [0.717, 1.165) is 12.1 Å². The fourth-order valence-electron chi connectivity index (χ4n) is 1.28. The summed E-state index contributed by atoms with van der Waals surface area (Å²) in [5.41, 5.74) is 1.18. The lowest BCUT2D eigenvalue weighted by atomic mass is 10.2. The molecule has 0 spiro atoms. The quantitative estimate of drug-likeness (QED) is 0.632. The molecule has 1 aromatic rings. The number of esters is 1. The van der Waals surface area contributed by atoms with Gasteiger partial charge in [0.05, 0.1) is 18.4 Å². The van der Waals surface area contributed by atoms with Gasteiger partial charge in [-0.15, -0.1) is 0 Å². The van der Waals surface area contributed by atoms with Crippen molar-refractivity contribution in [3.63, 3.8) is 0 Å². The van der Waals surface area contributed by atoms with E-state index in [2.05, 4.69) is 15.0 Å². The number of ether oxygens (including phenoxy) is 1. The number of amides is 1. The van der Waals surface area contributed by atoms with Gasteiger partial charge in [-0.05, 0) is 24.6 Å². The van der Waals surface area contributed by atoms with Gasteiger partial charge in [-0.25, -0.2) is 4.79 Å². The summed E-state index contributed by atoms with van der Waals surface area (Å²) in [5.74, 6) is -0.437. The van der Waals surface area contributed by atoms with E-state index in [4.69, 9.17) is 0 Å². The first-order valence-electron chi connectivity index (χ1n) is 5.59. The Bertz CT molecular complexity index is 438. The molecule has 0 aliphatic rings. The predicted molar refractivity (Wildman–Crippen MR) is 67.9 cm³/mol. The second-order valence-electron chi connectivity index (χ2n) is 3.64. The number of nitrogens with zero attached hydrogens (tertiary/aromatic N) is 1. The molecule has 5 nitrogen and oxygen atoms in total. The van der Waals surface area contributed by atoms with E-state index < -0.39 is 5.97 Å². The highest BCUT2D eigenvalue weighted by Gasteiger charge is 2.03. The zero-order valence-corrected chi connectivity index (χ0v) is 10.5. The zero-order valence-electron chi connectivity index (χ0n) is 10.5. The summed E-state index contributed by atoms with van der Waals surface area (Å²) in [6, 6.07) is 3.40. The minimum Gasteiger partial charge on any atom is -0.465 e. The number of hydrogen-bond donors (Lipinski definition) is 1. The molecule has 1 rings (SSSR count). The van der Waals surface area contributed by atoms with Crippen LogP contribution in [0.5, 0.6) is 0 Å². The van der Waals surface area contributed by atoms with Gasteiger partial charge in [0.1, 0.15) is 0 Å². The molecule has 18 heavy (non-hydrogen) atoms. The van der Waals surface area contributed by atoms with E-state index in [1.165, 1.54) is 20.2 Å². The molecule has 0 saturated heterocycles. The van der Waals surface area contributed by atoms with E-state index in [1.54, 1.807) is 12.1 Å². The molecule has 0 fully saturated rings. The molecule has 1 amide bonds. The normalized spacial score (nSPS) is 10.3. The van der Waals surface area contributed by atoms with Gasteiger partial charge in [0.2, 0.25) is 5.91 Å². The average Bonchev–Trinajstić information content (AvgIpc) is 2.38. The summed E-state index contributed by atoms with van der Waals surface area (Å²) >= 11 is 0. The lowest BCUT2D eigenvalue weighted by Gasteiger charge is -1.99. The van der Waals surface area contributed by atoms with Crippen LogP contribution in [-0.2, 0) is 9.53 Å². The maximum atomic E-state index is 11.2. The molecular weight excluding hydrogens is 232 g/mol. The zero-order chi connectivity index (χ0) is 13.4. The van der Waals surface area contributed by atoms with Crippen molar-refractivity contribution in [1.82, 2.24) is 10.3 Å². The van der Waals surface area contributed by atoms with E-state index in [0.29, 0.717) is 12.1 Å². The molecule has 0 aromatic carbocycles. The molecule has 0 aliphatic carbocycles. The second-order valence-corrected chi connectivity index (χ2v) is 3.64. The van der Waals surface area contributed by atoms with Crippen molar-refractivity contribution in [2.24, 2.45) is 0 Å². The predicted octanol–water partition coefficient (Wildman–Crippen LogP) is 1.41.